The summed E-state index contributed by atoms with van der Waals surface area (Å²) in [6.45, 7) is 9.29. The average molecular weight is 433 g/mol. The minimum atomic E-state index is -0.326. The number of carbonyl (C=O) groups excluding carboxylic acids is 1. The monoisotopic (exact) mass is 432 g/mol. The number of carbonyl (C=O) groups is 1. The normalized spacial score (nSPS) is 15.5. The third-order valence-electron chi connectivity index (χ3n) is 4.87. The molecule has 0 aromatic carbocycles. The molecule has 0 saturated carbocycles. The SMILES string of the molecule is CCCCN(C)c1c(/C=C2\SC(=S)N(CC(C)C)C2=O)c(C)c(C#N)c(=O)n1C. The van der Waals surface area contributed by atoms with Crippen molar-refractivity contribution in [3.63, 3.8) is 0 Å². The highest BCUT2D eigenvalue weighted by molar-refractivity contribution is 8.26. The Bertz CT molecular complexity index is 957. The molecule has 156 valence electrons. The van der Waals surface area contributed by atoms with Gasteiger partial charge >= 0.3 is 0 Å². The van der Waals surface area contributed by atoms with Gasteiger partial charge in [0.2, 0.25) is 0 Å². The molecule has 6 nitrogen and oxygen atoms in total. The molecule has 1 aliphatic rings. The van der Waals surface area contributed by atoms with E-state index >= 15 is 0 Å². The maximum atomic E-state index is 12.9. The maximum Gasteiger partial charge on any atom is 0.270 e. The highest BCUT2D eigenvalue weighted by atomic mass is 32.2. The molecule has 2 rings (SSSR count). The topological polar surface area (TPSA) is 69.3 Å². The highest BCUT2D eigenvalue weighted by Gasteiger charge is 2.33. The number of thiocarbonyl (C=S) groups is 1. The second-order valence-corrected chi connectivity index (χ2v) is 9.35. The van der Waals surface area contributed by atoms with Crippen molar-refractivity contribution in [1.82, 2.24) is 9.47 Å². The molecule has 2 heterocycles. The van der Waals surface area contributed by atoms with E-state index in [2.05, 4.69) is 6.92 Å². The average Bonchev–Trinajstić information content (AvgIpc) is 2.92. The second-order valence-electron chi connectivity index (χ2n) is 7.67. The lowest BCUT2D eigenvalue weighted by molar-refractivity contribution is -0.122. The van der Waals surface area contributed by atoms with Gasteiger partial charge in [0, 0.05) is 32.7 Å². The number of pyridine rings is 1. The molecule has 1 amide bonds. The fourth-order valence-electron chi connectivity index (χ4n) is 3.33. The van der Waals surface area contributed by atoms with Crippen molar-refractivity contribution in [2.45, 2.75) is 40.5 Å². The summed E-state index contributed by atoms with van der Waals surface area (Å²) in [5.41, 5.74) is 1.08. The van der Waals surface area contributed by atoms with Gasteiger partial charge in [-0.3, -0.25) is 19.1 Å². The third-order valence-corrected chi connectivity index (χ3v) is 6.25. The molecule has 1 aliphatic heterocycles. The molecular weight excluding hydrogens is 404 g/mol. The number of amides is 1. The van der Waals surface area contributed by atoms with Gasteiger partial charge in [0.1, 0.15) is 21.8 Å². The van der Waals surface area contributed by atoms with E-state index in [0.717, 1.165) is 19.4 Å². The van der Waals surface area contributed by atoms with Crippen LogP contribution in [-0.2, 0) is 11.8 Å². The number of unbranched alkanes of at least 4 members (excludes halogenated alkanes) is 1. The smallest absolute Gasteiger partial charge is 0.270 e. The van der Waals surface area contributed by atoms with Crippen molar-refractivity contribution in [2.24, 2.45) is 13.0 Å². The first-order chi connectivity index (χ1) is 13.6. The molecule has 0 radical (unpaired) electrons. The van der Waals surface area contributed by atoms with Gasteiger partial charge < -0.3 is 4.90 Å². The lowest BCUT2D eigenvalue weighted by Crippen LogP contribution is -2.32. The molecule has 1 saturated heterocycles. The van der Waals surface area contributed by atoms with Gasteiger partial charge in [0.25, 0.3) is 11.5 Å². The number of anilines is 1. The van der Waals surface area contributed by atoms with Crippen molar-refractivity contribution in [3.8, 4) is 6.07 Å². The molecule has 1 aromatic heterocycles. The summed E-state index contributed by atoms with van der Waals surface area (Å²) in [4.78, 5) is 29.8. The first kappa shape index (κ1) is 23.2. The van der Waals surface area contributed by atoms with Crippen LogP contribution in [0.3, 0.4) is 0 Å². The Hall–Kier alpha value is -2.11. The number of nitrogens with zero attached hydrogens (tertiary/aromatic N) is 4. The van der Waals surface area contributed by atoms with Gasteiger partial charge in [-0.1, -0.05) is 51.2 Å². The first-order valence-corrected chi connectivity index (χ1v) is 11.0. The van der Waals surface area contributed by atoms with Crippen LogP contribution in [0.5, 0.6) is 0 Å². The molecule has 0 bridgehead atoms. The van der Waals surface area contributed by atoms with Crippen LogP contribution in [0.2, 0.25) is 0 Å². The molecule has 1 fully saturated rings. The summed E-state index contributed by atoms with van der Waals surface area (Å²) < 4.78 is 2.04. The number of rotatable bonds is 7. The Balaban J connectivity index is 2.65. The minimum Gasteiger partial charge on any atom is -0.360 e. The summed E-state index contributed by atoms with van der Waals surface area (Å²) in [6, 6.07) is 2.02. The zero-order valence-electron chi connectivity index (χ0n) is 17.9. The Morgan fingerprint density at radius 1 is 1.34 bits per heavy atom. The highest BCUT2D eigenvalue weighted by Crippen LogP contribution is 2.35. The van der Waals surface area contributed by atoms with E-state index in [4.69, 9.17) is 12.2 Å². The van der Waals surface area contributed by atoms with E-state index in [-0.39, 0.29) is 17.0 Å². The van der Waals surface area contributed by atoms with E-state index in [1.54, 1.807) is 24.9 Å². The van der Waals surface area contributed by atoms with Crippen molar-refractivity contribution in [1.29, 1.82) is 5.26 Å². The molecule has 0 atom stereocenters. The van der Waals surface area contributed by atoms with E-state index in [0.29, 0.717) is 38.6 Å². The van der Waals surface area contributed by atoms with E-state index < -0.39 is 0 Å². The summed E-state index contributed by atoms with van der Waals surface area (Å²) in [6.07, 6.45) is 3.78. The zero-order chi connectivity index (χ0) is 21.9. The molecule has 0 aliphatic carbocycles. The van der Waals surface area contributed by atoms with Crippen LogP contribution in [0.4, 0.5) is 5.82 Å². The summed E-state index contributed by atoms with van der Waals surface area (Å²) in [5, 5.41) is 9.52. The summed E-state index contributed by atoms with van der Waals surface area (Å²) >= 11 is 6.68. The largest absolute Gasteiger partial charge is 0.360 e. The van der Waals surface area contributed by atoms with E-state index in [1.165, 1.54) is 16.3 Å². The number of thioether (sulfide) groups is 1. The van der Waals surface area contributed by atoms with Crippen LogP contribution < -0.4 is 10.5 Å². The number of hydrogen-bond acceptors (Lipinski definition) is 6. The standard InChI is InChI=1S/C21H28N4O2S2/c1-7-8-9-23(5)18-15(14(4)16(11-22)19(26)24(18)6)10-17-20(27)25(12-13(2)3)21(28)29-17/h10,13H,7-9,12H2,1-6H3/b17-10-. The van der Waals surface area contributed by atoms with Crippen LogP contribution in [-0.4, -0.2) is 39.8 Å². The van der Waals surface area contributed by atoms with E-state index in [1.807, 2.05) is 31.9 Å². The maximum absolute atomic E-state index is 12.9. The summed E-state index contributed by atoms with van der Waals surface area (Å²) in [7, 11) is 3.60. The van der Waals surface area contributed by atoms with E-state index in [9.17, 15) is 14.9 Å². The molecule has 29 heavy (non-hydrogen) atoms. The van der Waals surface area contributed by atoms with Crippen LogP contribution in [0.1, 0.15) is 50.3 Å². The lowest BCUT2D eigenvalue weighted by atomic mass is 10.0. The number of aromatic nitrogens is 1. The summed E-state index contributed by atoms with van der Waals surface area (Å²) in [5.74, 6) is 0.883. The van der Waals surface area contributed by atoms with Crippen molar-refractivity contribution in [2.75, 3.05) is 25.0 Å². The van der Waals surface area contributed by atoms with Crippen molar-refractivity contribution < 1.29 is 4.79 Å². The Morgan fingerprint density at radius 3 is 2.55 bits per heavy atom. The Labute approximate surface area is 182 Å². The second kappa shape index (κ2) is 9.59. The van der Waals surface area contributed by atoms with Crippen molar-refractivity contribution in [3.05, 3.63) is 31.9 Å². The van der Waals surface area contributed by atoms with Gasteiger partial charge in [-0.2, -0.15) is 5.26 Å². The predicted molar refractivity (Wildman–Crippen MR) is 124 cm³/mol. The van der Waals surface area contributed by atoms with Gasteiger partial charge in [0.15, 0.2) is 0 Å². The Morgan fingerprint density at radius 2 is 2.00 bits per heavy atom. The third kappa shape index (κ3) is 4.73. The fraction of sp³-hybridized carbons (Fsp3) is 0.524. The van der Waals surface area contributed by atoms with Crippen molar-refractivity contribution >= 4 is 46.1 Å². The zero-order valence-corrected chi connectivity index (χ0v) is 19.5. The lowest BCUT2D eigenvalue weighted by Gasteiger charge is -2.25. The number of nitriles is 1. The molecule has 8 heteroatoms. The molecule has 0 spiro atoms. The van der Waals surface area contributed by atoms with Gasteiger partial charge in [-0.15, -0.1) is 0 Å². The molecule has 0 N–H and O–H groups in total. The van der Waals surface area contributed by atoms with Crippen LogP contribution >= 0.6 is 24.0 Å². The van der Waals surface area contributed by atoms with Gasteiger partial charge in [0.05, 0.1) is 4.91 Å². The van der Waals surface area contributed by atoms with Crippen LogP contribution in [0.15, 0.2) is 9.70 Å². The first-order valence-electron chi connectivity index (χ1n) is 9.74. The minimum absolute atomic E-state index is 0.101. The molecular formula is C21H28N4O2S2. The van der Waals surface area contributed by atoms with Crippen LogP contribution in [0, 0.1) is 24.2 Å². The van der Waals surface area contributed by atoms with Gasteiger partial charge in [-0.25, -0.2) is 0 Å². The Kier molecular flexibility index (Phi) is 7.66. The van der Waals surface area contributed by atoms with Crippen LogP contribution in [0.25, 0.3) is 6.08 Å². The van der Waals surface area contributed by atoms with Gasteiger partial charge in [-0.05, 0) is 30.9 Å². The quantitative estimate of drug-likeness (QED) is 0.484. The predicted octanol–water partition coefficient (Wildman–Crippen LogP) is 3.66. The fourth-order valence-corrected chi connectivity index (χ4v) is 4.59. The molecule has 1 aromatic rings. The number of hydrogen-bond donors (Lipinski definition) is 0. The molecule has 0 unspecified atom stereocenters.